The molecule has 1 aliphatic heterocycles. The van der Waals surface area contributed by atoms with Gasteiger partial charge in [0, 0.05) is 31.3 Å². The Labute approximate surface area is 140 Å². The lowest BCUT2D eigenvalue weighted by atomic mass is 10.1. The van der Waals surface area contributed by atoms with E-state index in [0.29, 0.717) is 30.1 Å². The highest BCUT2D eigenvalue weighted by Crippen LogP contribution is 2.39. The van der Waals surface area contributed by atoms with E-state index in [1.165, 1.54) is 10.4 Å². The summed E-state index contributed by atoms with van der Waals surface area (Å²) in [4.78, 5) is 0. The van der Waals surface area contributed by atoms with Crippen LogP contribution in [0.2, 0.25) is 0 Å². The minimum absolute atomic E-state index is 0.0372. The molecule has 0 aliphatic carbocycles. The first-order valence-electron chi connectivity index (χ1n) is 7.19. The van der Waals surface area contributed by atoms with Gasteiger partial charge in [0.2, 0.25) is 10.0 Å². The fourth-order valence-corrected chi connectivity index (χ4v) is 6.66. The quantitative estimate of drug-likeness (QED) is 0.644. The van der Waals surface area contributed by atoms with Gasteiger partial charge in [-0.1, -0.05) is 6.92 Å². The predicted octanol–water partition coefficient (Wildman–Crippen LogP) is 0.0869. The monoisotopic (exact) mass is 383 g/mol. The summed E-state index contributed by atoms with van der Waals surface area (Å²) in [6, 6.07) is 1.09. The number of hydrogen-bond donors (Lipinski definition) is 2. The van der Waals surface area contributed by atoms with Crippen LogP contribution in [0, 0.1) is 0 Å². The summed E-state index contributed by atoms with van der Waals surface area (Å²) >= 11 is 0.698. The Kier molecular flexibility index (Phi) is 5.82. The number of primary sulfonamides is 1. The second-order valence-electron chi connectivity index (χ2n) is 5.02. The summed E-state index contributed by atoms with van der Waals surface area (Å²) in [5.74, 6) is 0. The largest absolute Gasteiger partial charge is 0.380 e. The van der Waals surface area contributed by atoms with Gasteiger partial charge in [0.05, 0.1) is 6.61 Å². The highest BCUT2D eigenvalue weighted by Gasteiger charge is 2.39. The van der Waals surface area contributed by atoms with Crippen molar-refractivity contribution < 1.29 is 21.6 Å². The molecule has 0 bridgehead atoms. The van der Waals surface area contributed by atoms with Gasteiger partial charge < -0.3 is 10.1 Å². The zero-order chi connectivity index (χ0) is 17.3. The normalized spacial score (nSPS) is 21.3. The van der Waals surface area contributed by atoms with E-state index in [-0.39, 0.29) is 34.2 Å². The van der Waals surface area contributed by atoms with Crippen LogP contribution in [0.3, 0.4) is 0 Å². The van der Waals surface area contributed by atoms with Crippen molar-refractivity contribution in [1.82, 2.24) is 9.62 Å². The molecular formula is C12H21N3O5S3. The Hall–Kier alpha value is -0.560. The molecule has 1 unspecified atom stereocenters. The van der Waals surface area contributed by atoms with Crippen molar-refractivity contribution in [2.75, 3.05) is 32.8 Å². The standard InChI is InChI=1S/C12H21N3O5S3/c1-3-14-10-8-15(5-6-20-4-2)23(18,19)12-9(10)7-11(21-12)22(13,16)17/h7,10,14H,3-6,8H2,1-2H3,(H2,13,16,17). The van der Waals surface area contributed by atoms with Gasteiger partial charge in [-0.05, 0) is 19.5 Å². The number of sulfonamides is 2. The van der Waals surface area contributed by atoms with Crippen molar-refractivity contribution in [3.63, 3.8) is 0 Å². The van der Waals surface area contributed by atoms with E-state index < -0.39 is 20.0 Å². The molecule has 2 heterocycles. The molecule has 11 heteroatoms. The van der Waals surface area contributed by atoms with Crippen molar-refractivity contribution in [3.05, 3.63) is 11.6 Å². The highest BCUT2D eigenvalue weighted by molar-refractivity contribution is 7.94. The van der Waals surface area contributed by atoms with Gasteiger partial charge in [-0.2, -0.15) is 4.31 Å². The third-order valence-corrected chi connectivity index (χ3v) is 8.42. The molecule has 0 spiro atoms. The lowest BCUT2D eigenvalue weighted by Crippen LogP contribution is -2.44. The van der Waals surface area contributed by atoms with Crippen LogP contribution in [0.15, 0.2) is 14.5 Å². The number of nitrogens with one attached hydrogen (secondary N) is 1. The fraction of sp³-hybridized carbons (Fsp3) is 0.667. The van der Waals surface area contributed by atoms with Crippen molar-refractivity contribution >= 4 is 31.4 Å². The number of hydrogen-bond acceptors (Lipinski definition) is 7. The van der Waals surface area contributed by atoms with Crippen LogP contribution in [0.5, 0.6) is 0 Å². The first kappa shape index (κ1) is 18.8. The Morgan fingerprint density at radius 1 is 1.48 bits per heavy atom. The molecule has 1 aromatic rings. The van der Waals surface area contributed by atoms with E-state index in [4.69, 9.17) is 9.88 Å². The van der Waals surface area contributed by atoms with Crippen LogP contribution in [0.1, 0.15) is 25.5 Å². The fourth-order valence-electron chi connectivity index (χ4n) is 2.41. The third kappa shape index (κ3) is 3.92. The summed E-state index contributed by atoms with van der Waals surface area (Å²) in [7, 11) is -7.68. The first-order chi connectivity index (χ1) is 10.7. The molecule has 0 saturated carbocycles. The zero-order valence-electron chi connectivity index (χ0n) is 13.0. The van der Waals surface area contributed by atoms with Gasteiger partial charge in [-0.15, -0.1) is 11.3 Å². The smallest absolute Gasteiger partial charge is 0.253 e. The van der Waals surface area contributed by atoms with Gasteiger partial charge >= 0.3 is 0 Å². The second kappa shape index (κ2) is 7.13. The molecule has 132 valence electrons. The molecule has 8 nitrogen and oxygen atoms in total. The molecule has 0 saturated heterocycles. The Morgan fingerprint density at radius 2 is 2.17 bits per heavy atom. The Morgan fingerprint density at radius 3 is 2.74 bits per heavy atom. The van der Waals surface area contributed by atoms with Crippen LogP contribution in [-0.2, 0) is 24.8 Å². The molecule has 1 aliphatic rings. The van der Waals surface area contributed by atoms with E-state index in [1.807, 2.05) is 13.8 Å². The van der Waals surface area contributed by atoms with Crippen molar-refractivity contribution in [1.29, 1.82) is 0 Å². The van der Waals surface area contributed by atoms with Crippen molar-refractivity contribution in [3.8, 4) is 0 Å². The molecule has 0 fully saturated rings. The summed E-state index contributed by atoms with van der Waals surface area (Å²) in [6.45, 7) is 5.62. The van der Waals surface area contributed by atoms with E-state index in [0.717, 1.165) is 0 Å². The van der Waals surface area contributed by atoms with E-state index in [2.05, 4.69) is 5.32 Å². The zero-order valence-corrected chi connectivity index (χ0v) is 15.4. The van der Waals surface area contributed by atoms with Gasteiger partial charge in [-0.25, -0.2) is 22.0 Å². The number of thiophene rings is 1. The molecule has 1 aromatic heterocycles. The molecular weight excluding hydrogens is 362 g/mol. The molecule has 2 rings (SSSR count). The van der Waals surface area contributed by atoms with Gasteiger partial charge in [0.1, 0.15) is 8.42 Å². The number of fused-ring (bicyclic) bond motifs is 1. The van der Waals surface area contributed by atoms with Crippen LogP contribution < -0.4 is 10.5 Å². The van der Waals surface area contributed by atoms with Gasteiger partial charge in [-0.3, -0.25) is 0 Å². The molecule has 23 heavy (non-hydrogen) atoms. The lowest BCUT2D eigenvalue weighted by molar-refractivity contribution is 0.131. The minimum atomic E-state index is -3.94. The van der Waals surface area contributed by atoms with Crippen molar-refractivity contribution in [2.24, 2.45) is 5.14 Å². The van der Waals surface area contributed by atoms with Gasteiger partial charge in [0.15, 0.2) is 0 Å². The number of ether oxygens (including phenoxy) is 1. The van der Waals surface area contributed by atoms with Crippen molar-refractivity contribution in [2.45, 2.75) is 28.3 Å². The van der Waals surface area contributed by atoms with E-state index in [9.17, 15) is 16.8 Å². The minimum Gasteiger partial charge on any atom is -0.380 e. The molecule has 3 N–H and O–H groups in total. The van der Waals surface area contributed by atoms with E-state index in [1.54, 1.807) is 0 Å². The number of rotatable bonds is 7. The Balaban J connectivity index is 2.44. The van der Waals surface area contributed by atoms with Gasteiger partial charge in [0.25, 0.3) is 10.0 Å². The number of nitrogens with zero attached hydrogens (tertiary/aromatic N) is 1. The molecule has 0 radical (unpaired) electrons. The van der Waals surface area contributed by atoms with Crippen LogP contribution in [0.25, 0.3) is 0 Å². The highest BCUT2D eigenvalue weighted by atomic mass is 32.3. The van der Waals surface area contributed by atoms with Crippen LogP contribution in [0.4, 0.5) is 0 Å². The Bertz CT molecular complexity index is 757. The van der Waals surface area contributed by atoms with E-state index >= 15 is 0 Å². The maximum absolute atomic E-state index is 12.7. The summed E-state index contributed by atoms with van der Waals surface area (Å²) in [6.07, 6.45) is 0. The molecule has 1 atom stereocenters. The maximum Gasteiger partial charge on any atom is 0.253 e. The summed E-state index contributed by atoms with van der Waals surface area (Å²) < 4.78 is 55.0. The molecule has 0 aromatic carbocycles. The summed E-state index contributed by atoms with van der Waals surface area (Å²) in [5, 5.41) is 8.33. The average molecular weight is 384 g/mol. The maximum atomic E-state index is 12.7. The predicted molar refractivity (Wildman–Crippen MR) is 87.4 cm³/mol. The first-order valence-corrected chi connectivity index (χ1v) is 11.0. The topological polar surface area (TPSA) is 119 Å². The van der Waals surface area contributed by atoms with Crippen LogP contribution in [-0.4, -0.2) is 54.0 Å². The third-order valence-electron chi connectivity index (χ3n) is 3.46. The average Bonchev–Trinajstić information content (AvgIpc) is 2.90. The SMILES string of the molecule is CCNC1CN(CCOCC)S(=O)(=O)c2sc(S(N)(=O)=O)cc21. The number of nitrogens with two attached hydrogens (primary N) is 1. The summed E-state index contributed by atoms with van der Waals surface area (Å²) in [5.41, 5.74) is 0.466. The van der Waals surface area contributed by atoms with Crippen LogP contribution >= 0.6 is 11.3 Å². The number of likely N-dealkylation sites (N-methyl/N-ethyl adjacent to an activating group) is 1. The lowest BCUT2D eigenvalue weighted by Gasteiger charge is -2.32. The molecule has 0 amide bonds. The second-order valence-corrected chi connectivity index (χ2v) is 10.00.